The zero-order chi connectivity index (χ0) is 8.69. The summed E-state index contributed by atoms with van der Waals surface area (Å²) in [5.41, 5.74) is 0. The molecule has 0 aliphatic rings. The van der Waals surface area contributed by atoms with Crippen molar-refractivity contribution in [2.75, 3.05) is 13.7 Å². The Bertz CT molecular complexity index is 85.4. The van der Waals surface area contributed by atoms with Crippen LogP contribution < -0.4 is 0 Å². The molecule has 0 aliphatic heterocycles. The van der Waals surface area contributed by atoms with Crippen LogP contribution in [0.2, 0.25) is 0 Å². The van der Waals surface area contributed by atoms with Crippen LogP contribution in [0.25, 0.3) is 0 Å². The Morgan fingerprint density at radius 2 is 2.09 bits per heavy atom. The van der Waals surface area contributed by atoms with Gasteiger partial charge in [0.05, 0.1) is 12.2 Å². The molecule has 68 valence electrons. The smallest absolute Gasteiger partial charge is 0.0617 e. The first kappa shape index (κ1) is 10.9. The lowest BCUT2D eigenvalue weighted by molar-refractivity contribution is 0.0293. The van der Waals surface area contributed by atoms with Gasteiger partial charge in [0.1, 0.15) is 0 Å². The fraction of sp³-hybridized carbons (Fsp3) is 1.00. The number of rotatable bonds is 6. The highest BCUT2D eigenvalue weighted by Crippen LogP contribution is 2.07. The van der Waals surface area contributed by atoms with E-state index in [1.54, 1.807) is 7.11 Å². The number of aliphatic hydroxyl groups excluding tert-OH is 2. The molecule has 0 aromatic rings. The van der Waals surface area contributed by atoms with Gasteiger partial charge in [-0.1, -0.05) is 6.92 Å². The second-order valence-electron chi connectivity index (χ2n) is 2.67. The van der Waals surface area contributed by atoms with Gasteiger partial charge in [0.25, 0.3) is 0 Å². The molecule has 0 aromatic carbocycles. The summed E-state index contributed by atoms with van der Waals surface area (Å²) in [5, 5.41) is 17.8. The zero-order valence-corrected chi connectivity index (χ0v) is 7.29. The number of methoxy groups -OCH3 is 1. The van der Waals surface area contributed by atoms with Gasteiger partial charge in [0.2, 0.25) is 0 Å². The van der Waals surface area contributed by atoms with Crippen LogP contribution >= 0.6 is 0 Å². The molecule has 0 fully saturated rings. The van der Waals surface area contributed by atoms with Crippen molar-refractivity contribution in [2.24, 2.45) is 0 Å². The van der Waals surface area contributed by atoms with E-state index in [4.69, 9.17) is 9.84 Å². The Labute approximate surface area is 68.0 Å². The van der Waals surface area contributed by atoms with Crippen LogP contribution in [0.1, 0.15) is 26.2 Å². The molecule has 0 rings (SSSR count). The van der Waals surface area contributed by atoms with E-state index in [-0.39, 0.29) is 18.8 Å². The summed E-state index contributed by atoms with van der Waals surface area (Å²) in [5.74, 6) is 0. The molecule has 0 saturated heterocycles. The van der Waals surface area contributed by atoms with E-state index in [9.17, 15) is 5.11 Å². The molecule has 0 aliphatic carbocycles. The Hall–Kier alpha value is -0.120. The highest BCUT2D eigenvalue weighted by molar-refractivity contribution is 4.62. The summed E-state index contributed by atoms with van der Waals surface area (Å²) in [6.45, 7) is 2.05. The SMILES string of the molecule is CCC(O)CC(CCO)OC. The minimum Gasteiger partial charge on any atom is -0.396 e. The van der Waals surface area contributed by atoms with Crippen LogP contribution in [-0.2, 0) is 4.74 Å². The fourth-order valence-electron chi connectivity index (χ4n) is 0.946. The van der Waals surface area contributed by atoms with Crippen molar-refractivity contribution in [3.63, 3.8) is 0 Å². The third kappa shape index (κ3) is 5.18. The van der Waals surface area contributed by atoms with Crippen LogP contribution in [0.5, 0.6) is 0 Å². The summed E-state index contributed by atoms with van der Waals surface area (Å²) < 4.78 is 5.04. The summed E-state index contributed by atoms with van der Waals surface area (Å²) >= 11 is 0. The molecule has 3 nitrogen and oxygen atoms in total. The van der Waals surface area contributed by atoms with Gasteiger partial charge < -0.3 is 14.9 Å². The van der Waals surface area contributed by atoms with Crippen molar-refractivity contribution in [3.8, 4) is 0 Å². The quantitative estimate of drug-likeness (QED) is 0.599. The average Bonchev–Trinajstić information content (AvgIpc) is 2.03. The molecular formula is C8H18O3. The number of ether oxygens (including phenoxy) is 1. The van der Waals surface area contributed by atoms with Crippen LogP contribution in [0.4, 0.5) is 0 Å². The van der Waals surface area contributed by atoms with Gasteiger partial charge in [0, 0.05) is 13.7 Å². The van der Waals surface area contributed by atoms with Crippen LogP contribution in [0.3, 0.4) is 0 Å². The maximum Gasteiger partial charge on any atom is 0.0617 e. The molecule has 2 N–H and O–H groups in total. The molecular weight excluding hydrogens is 144 g/mol. The Morgan fingerprint density at radius 1 is 1.45 bits per heavy atom. The predicted molar refractivity (Wildman–Crippen MR) is 43.4 cm³/mol. The molecule has 0 heterocycles. The largest absolute Gasteiger partial charge is 0.396 e. The third-order valence-corrected chi connectivity index (χ3v) is 1.79. The molecule has 0 radical (unpaired) electrons. The minimum atomic E-state index is -0.300. The van der Waals surface area contributed by atoms with Crippen molar-refractivity contribution in [1.82, 2.24) is 0 Å². The van der Waals surface area contributed by atoms with Crippen molar-refractivity contribution in [3.05, 3.63) is 0 Å². The molecule has 11 heavy (non-hydrogen) atoms. The molecule has 2 atom stereocenters. The first-order valence-corrected chi connectivity index (χ1v) is 4.06. The first-order chi connectivity index (χ1) is 5.24. The predicted octanol–water partition coefficient (Wildman–Crippen LogP) is 0.545. The van der Waals surface area contributed by atoms with E-state index in [1.165, 1.54) is 0 Å². The summed E-state index contributed by atoms with van der Waals surface area (Å²) in [6.07, 6.45) is 1.66. The molecule has 0 amide bonds. The van der Waals surface area contributed by atoms with E-state index >= 15 is 0 Å². The maximum atomic E-state index is 9.22. The standard InChI is InChI=1S/C8H18O3/c1-3-7(10)6-8(11-2)4-5-9/h7-10H,3-6H2,1-2H3. The molecule has 0 aromatic heterocycles. The van der Waals surface area contributed by atoms with Gasteiger partial charge in [-0.3, -0.25) is 0 Å². The van der Waals surface area contributed by atoms with Crippen molar-refractivity contribution in [2.45, 2.75) is 38.4 Å². The Balaban J connectivity index is 3.49. The summed E-state index contributed by atoms with van der Waals surface area (Å²) in [4.78, 5) is 0. The van der Waals surface area contributed by atoms with Crippen molar-refractivity contribution in [1.29, 1.82) is 0 Å². The lowest BCUT2D eigenvalue weighted by Gasteiger charge is -2.16. The first-order valence-electron chi connectivity index (χ1n) is 4.06. The topological polar surface area (TPSA) is 49.7 Å². The molecule has 2 unspecified atom stereocenters. The summed E-state index contributed by atoms with van der Waals surface area (Å²) in [7, 11) is 1.60. The molecule has 0 spiro atoms. The highest BCUT2D eigenvalue weighted by atomic mass is 16.5. The maximum absolute atomic E-state index is 9.22. The number of hydrogen-bond acceptors (Lipinski definition) is 3. The van der Waals surface area contributed by atoms with Gasteiger partial charge in [-0.15, -0.1) is 0 Å². The van der Waals surface area contributed by atoms with Crippen LogP contribution in [0.15, 0.2) is 0 Å². The third-order valence-electron chi connectivity index (χ3n) is 1.79. The van der Waals surface area contributed by atoms with Crippen molar-refractivity contribution >= 4 is 0 Å². The lowest BCUT2D eigenvalue weighted by Crippen LogP contribution is -2.20. The lowest BCUT2D eigenvalue weighted by atomic mass is 10.1. The minimum absolute atomic E-state index is 0.00468. The number of hydrogen-bond donors (Lipinski definition) is 2. The molecule has 3 heteroatoms. The summed E-state index contributed by atoms with van der Waals surface area (Å²) in [6, 6.07) is 0. The van der Waals surface area contributed by atoms with Crippen molar-refractivity contribution < 1.29 is 14.9 Å². The van der Waals surface area contributed by atoms with E-state index < -0.39 is 0 Å². The fourth-order valence-corrected chi connectivity index (χ4v) is 0.946. The van der Waals surface area contributed by atoms with Crippen LogP contribution in [0, 0.1) is 0 Å². The molecule has 0 saturated carbocycles. The van der Waals surface area contributed by atoms with E-state index in [0.29, 0.717) is 12.8 Å². The van der Waals surface area contributed by atoms with Gasteiger partial charge in [-0.25, -0.2) is 0 Å². The highest BCUT2D eigenvalue weighted by Gasteiger charge is 2.11. The van der Waals surface area contributed by atoms with E-state index in [0.717, 1.165) is 6.42 Å². The molecule has 0 bridgehead atoms. The monoisotopic (exact) mass is 162 g/mol. The Morgan fingerprint density at radius 3 is 2.45 bits per heavy atom. The van der Waals surface area contributed by atoms with Gasteiger partial charge in [0.15, 0.2) is 0 Å². The number of aliphatic hydroxyl groups is 2. The van der Waals surface area contributed by atoms with Gasteiger partial charge in [-0.2, -0.15) is 0 Å². The average molecular weight is 162 g/mol. The Kier molecular flexibility index (Phi) is 6.51. The van der Waals surface area contributed by atoms with Gasteiger partial charge >= 0.3 is 0 Å². The van der Waals surface area contributed by atoms with Crippen LogP contribution in [-0.4, -0.2) is 36.1 Å². The second kappa shape index (κ2) is 6.58. The zero-order valence-electron chi connectivity index (χ0n) is 7.29. The normalized spacial score (nSPS) is 16.4. The van der Waals surface area contributed by atoms with E-state index in [2.05, 4.69) is 0 Å². The van der Waals surface area contributed by atoms with E-state index in [1.807, 2.05) is 6.92 Å². The second-order valence-corrected chi connectivity index (χ2v) is 2.67. The van der Waals surface area contributed by atoms with Gasteiger partial charge in [-0.05, 0) is 19.3 Å².